The molecule has 7 nitrogen and oxygen atoms in total. The molecule has 4 aromatic rings. The van der Waals surface area contributed by atoms with Crippen molar-refractivity contribution in [2.24, 2.45) is 5.73 Å². The fourth-order valence-corrected chi connectivity index (χ4v) is 5.98. The highest BCUT2D eigenvalue weighted by molar-refractivity contribution is 6.13. The molecule has 1 aliphatic carbocycles. The van der Waals surface area contributed by atoms with Crippen molar-refractivity contribution in [3.05, 3.63) is 107 Å². The molecule has 1 saturated carbocycles. The molecule has 0 bridgehead atoms. The Morgan fingerprint density at radius 3 is 2.39 bits per heavy atom. The molecule has 7 heteroatoms. The zero-order valence-corrected chi connectivity index (χ0v) is 23.1. The Kier molecular flexibility index (Phi) is 7.28. The van der Waals surface area contributed by atoms with E-state index in [0.717, 1.165) is 47.6 Å². The highest BCUT2D eigenvalue weighted by Crippen LogP contribution is 2.40. The molecule has 0 aromatic heterocycles. The highest BCUT2D eigenvalue weighted by atomic mass is 16.2. The minimum atomic E-state index is -0.532. The van der Waals surface area contributed by atoms with Crippen molar-refractivity contribution in [2.75, 3.05) is 10.2 Å². The molecule has 0 spiro atoms. The number of rotatable bonds is 4. The highest BCUT2D eigenvalue weighted by Gasteiger charge is 2.35. The SMILES string of the molecule is Cc1ccc(C2CC(=O)Nc3cc(C(=O)NC4CCCCC4N)ccc3N2C(=O)c2ccc3ccccc3c2)cc1. The van der Waals surface area contributed by atoms with Crippen LogP contribution in [0.2, 0.25) is 0 Å². The molecule has 2 aliphatic rings. The number of anilines is 2. The van der Waals surface area contributed by atoms with Gasteiger partial charge < -0.3 is 16.4 Å². The first-order chi connectivity index (χ1) is 19.9. The fraction of sp³-hybridized carbons (Fsp3) is 0.265. The lowest BCUT2D eigenvalue weighted by molar-refractivity contribution is -0.116. The normalized spacial score (nSPS) is 20.6. The van der Waals surface area contributed by atoms with Gasteiger partial charge in [0.05, 0.1) is 23.8 Å². The van der Waals surface area contributed by atoms with Crippen LogP contribution >= 0.6 is 0 Å². The van der Waals surface area contributed by atoms with Crippen molar-refractivity contribution in [1.29, 1.82) is 0 Å². The van der Waals surface area contributed by atoms with Crippen molar-refractivity contribution in [3.8, 4) is 0 Å². The smallest absolute Gasteiger partial charge is 0.258 e. The largest absolute Gasteiger partial charge is 0.348 e. The van der Waals surface area contributed by atoms with E-state index < -0.39 is 6.04 Å². The van der Waals surface area contributed by atoms with E-state index >= 15 is 0 Å². The molecule has 1 heterocycles. The monoisotopic (exact) mass is 546 g/mol. The van der Waals surface area contributed by atoms with Gasteiger partial charge in [-0.2, -0.15) is 0 Å². The number of carbonyl (C=O) groups is 3. The summed E-state index contributed by atoms with van der Waals surface area (Å²) in [7, 11) is 0. The number of nitrogens with two attached hydrogens (primary N) is 1. The van der Waals surface area contributed by atoms with E-state index in [2.05, 4.69) is 10.6 Å². The van der Waals surface area contributed by atoms with Crippen LogP contribution in [0.25, 0.3) is 10.8 Å². The van der Waals surface area contributed by atoms with E-state index in [1.165, 1.54) is 0 Å². The maximum Gasteiger partial charge on any atom is 0.258 e. The van der Waals surface area contributed by atoms with Crippen molar-refractivity contribution < 1.29 is 14.4 Å². The van der Waals surface area contributed by atoms with E-state index in [0.29, 0.717) is 22.5 Å². The summed E-state index contributed by atoms with van der Waals surface area (Å²) in [5, 5.41) is 8.05. The van der Waals surface area contributed by atoms with E-state index in [1.54, 1.807) is 23.1 Å². The Morgan fingerprint density at radius 1 is 0.878 bits per heavy atom. The third kappa shape index (κ3) is 5.45. The maximum atomic E-state index is 14.3. The molecule has 0 radical (unpaired) electrons. The van der Waals surface area contributed by atoms with Gasteiger partial charge in [-0.05, 0) is 66.4 Å². The van der Waals surface area contributed by atoms with Crippen LogP contribution in [-0.2, 0) is 4.79 Å². The lowest BCUT2D eigenvalue weighted by Gasteiger charge is -2.31. The molecule has 6 rings (SSSR count). The van der Waals surface area contributed by atoms with Crippen LogP contribution in [0.4, 0.5) is 11.4 Å². The molecule has 3 unspecified atom stereocenters. The molecule has 41 heavy (non-hydrogen) atoms. The molecule has 1 fully saturated rings. The van der Waals surface area contributed by atoms with Crippen LogP contribution < -0.4 is 21.3 Å². The second kappa shape index (κ2) is 11.2. The summed E-state index contributed by atoms with van der Waals surface area (Å²) in [6, 6.07) is 25.9. The molecule has 4 N–H and O–H groups in total. The summed E-state index contributed by atoms with van der Waals surface area (Å²) in [5.41, 5.74) is 10.1. The quantitative estimate of drug-likeness (QED) is 0.297. The van der Waals surface area contributed by atoms with Crippen molar-refractivity contribution in [3.63, 3.8) is 0 Å². The Morgan fingerprint density at radius 2 is 1.61 bits per heavy atom. The van der Waals surface area contributed by atoms with Gasteiger partial charge in [-0.15, -0.1) is 0 Å². The minimum absolute atomic E-state index is 0.0708. The van der Waals surface area contributed by atoms with E-state index in [4.69, 9.17) is 5.73 Å². The van der Waals surface area contributed by atoms with Crippen molar-refractivity contribution >= 4 is 39.9 Å². The Hall–Kier alpha value is -4.49. The fourth-order valence-electron chi connectivity index (χ4n) is 5.98. The van der Waals surface area contributed by atoms with Gasteiger partial charge >= 0.3 is 0 Å². The summed E-state index contributed by atoms with van der Waals surface area (Å²) >= 11 is 0. The Bertz CT molecular complexity index is 1630. The van der Waals surface area contributed by atoms with Crippen LogP contribution in [0.1, 0.15) is 70.0 Å². The third-order valence-corrected chi connectivity index (χ3v) is 8.30. The number of aryl methyl sites for hydroxylation is 1. The van der Waals surface area contributed by atoms with E-state index in [9.17, 15) is 14.4 Å². The van der Waals surface area contributed by atoms with Crippen molar-refractivity contribution in [1.82, 2.24) is 5.32 Å². The first kappa shape index (κ1) is 26.7. The predicted octanol–water partition coefficient (Wildman–Crippen LogP) is 5.88. The van der Waals surface area contributed by atoms with Gasteiger partial charge in [0.2, 0.25) is 5.91 Å². The van der Waals surface area contributed by atoms with Crippen LogP contribution in [0, 0.1) is 6.92 Å². The zero-order valence-electron chi connectivity index (χ0n) is 23.1. The van der Waals surface area contributed by atoms with E-state index in [1.807, 2.05) is 73.7 Å². The average Bonchev–Trinajstić information content (AvgIpc) is 3.13. The zero-order chi connectivity index (χ0) is 28.5. The Balaban J connectivity index is 1.41. The summed E-state index contributed by atoms with van der Waals surface area (Å²) in [6.07, 6.45) is 3.92. The summed E-state index contributed by atoms with van der Waals surface area (Å²) in [6.45, 7) is 2.00. The number of nitrogens with zero attached hydrogens (tertiary/aromatic N) is 1. The van der Waals surface area contributed by atoms with Gasteiger partial charge in [-0.25, -0.2) is 0 Å². The second-order valence-corrected chi connectivity index (χ2v) is 11.2. The lowest BCUT2D eigenvalue weighted by atomic mass is 9.91. The number of amides is 3. The standard InChI is InChI=1S/C34H34N4O3/c1-21-10-12-23(13-11-21)31-20-32(39)36-29-19-25(33(40)37-28-9-5-4-8-27(28)35)16-17-30(29)38(31)34(41)26-15-14-22-6-2-3-7-24(22)18-26/h2-3,6-7,10-19,27-28,31H,4-5,8-9,20,35H2,1H3,(H,36,39)(H,37,40). The predicted molar refractivity (Wildman–Crippen MR) is 162 cm³/mol. The first-order valence-corrected chi connectivity index (χ1v) is 14.3. The number of nitrogens with one attached hydrogen (secondary N) is 2. The number of carbonyl (C=O) groups excluding carboxylic acids is 3. The van der Waals surface area contributed by atoms with Gasteiger partial charge in [-0.3, -0.25) is 19.3 Å². The molecule has 0 saturated heterocycles. The molecule has 208 valence electrons. The minimum Gasteiger partial charge on any atom is -0.348 e. The van der Waals surface area contributed by atoms with Crippen LogP contribution in [-0.4, -0.2) is 29.8 Å². The first-order valence-electron chi connectivity index (χ1n) is 14.3. The molecular formula is C34H34N4O3. The van der Waals surface area contributed by atoms with Crippen LogP contribution in [0.15, 0.2) is 84.9 Å². The Labute approximate surface area is 239 Å². The van der Waals surface area contributed by atoms with Crippen LogP contribution in [0.3, 0.4) is 0 Å². The average molecular weight is 547 g/mol. The second-order valence-electron chi connectivity index (χ2n) is 11.2. The van der Waals surface area contributed by atoms with Crippen molar-refractivity contribution in [2.45, 2.75) is 57.2 Å². The number of fused-ring (bicyclic) bond motifs is 2. The molecular weight excluding hydrogens is 512 g/mol. The van der Waals surface area contributed by atoms with Gasteiger partial charge in [0.25, 0.3) is 11.8 Å². The molecule has 1 aliphatic heterocycles. The van der Waals surface area contributed by atoms with Crippen LogP contribution in [0.5, 0.6) is 0 Å². The van der Waals surface area contributed by atoms with Gasteiger partial charge in [-0.1, -0.05) is 73.0 Å². The third-order valence-electron chi connectivity index (χ3n) is 8.30. The number of hydrogen-bond donors (Lipinski definition) is 3. The summed E-state index contributed by atoms with van der Waals surface area (Å²) in [5.74, 6) is -0.682. The molecule has 4 aromatic carbocycles. The topological polar surface area (TPSA) is 105 Å². The van der Waals surface area contributed by atoms with Gasteiger partial charge in [0, 0.05) is 23.2 Å². The lowest BCUT2D eigenvalue weighted by Crippen LogP contribution is -2.49. The number of benzene rings is 4. The molecule has 3 amide bonds. The number of hydrogen-bond acceptors (Lipinski definition) is 4. The maximum absolute atomic E-state index is 14.3. The van der Waals surface area contributed by atoms with Gasteiger partial charge in [0.15, 0.2) is 0 Å². The van der Waals surface area contributed by atoms with Gasteiger partial charge in [0.1, 0.15) is 0 Å². The van der Waals surface area contributed by atoms with E-state index in [-0.39, 0.29) is 36.2 Å². The summed E-state index contributed by atoms with van der Waals surface area (Å²) in [4.78, 5) is 42.5. The molecule has 3 atom stereocenters. The summed E-state index contributed by atoms with van der Waals surface area (Å²) < 4.78 is 0.